The second-order valence-corrected chi connectivity index (χ2v) is 18.0. The summed E-state index contributed by atoms with van der Waals surface area (Å²) in [5.74, 6) is 3.68. The van der Waals surface area contributed by atoms with Gasteiger partial charge in [-0.05, 0) is 113 Å². The predicted molar refractivity (Wildman–Crippen MR) is 240 cm³/mol. The zero-order valence-electron chi connectivity index (χ0n) is 32.3. The summed E-state index contributed by atoms with van der Waals surface area (Å²) in [6.45, 7) is 8.67. The molecular weight excluding hydrogens is 891 g/mol. The predicted octanol–water partition coefficient (Wildman–Crippen LogP) is 13.5. The monoisotopic (exact) mass is 942 g/mol. The number of nitrogens with zero attached hydrogens (tertiary/aromatic N) is 2. The Hall–Kier alpha value is -2.67. The van der Waals surface area contributed by atoms with Gasteiger partial charge in [-0.25, -0.2) is 0 Å². The van der Waals surface area contributed by atoms with Crippen molar-refractivity contribution in [2.75, 3.05) is 35.5 Å². The fourth-order valence-corrected chi connectivity index (χ4v) is 11.1. The van der Waals surface area contributed by atoms with E-state index in [1.165, 1.54) is 0 Å². The van der Waals surface area contributed by atoms with Crippen LogP contribution in [0.15, 0.2) is 99.2 Å². The van der Waals surface area contributed by atoms with Crippen molar-refractivity contribution >= 4 is 96.6 Å². The van der Waals surface area contributed by atoms with E-state index >= 15 is 0 Å². The number of fused-ring (bicyclic) bond motifs is 2. The standard InChI is InChI=1S/C22H26BrNO2S.C22H26INO2S/c2*1-4-6-12-22(5-2)15-27-20-14-19(26-3)17(23)13-18(20)24(21(22)25)16-10-8-7-9-11-16/h2*7-11,13-14H,4-6,12,15H2,1-3H3. The number of methoxy groups -OCH3 is 2. The van der Waals surface area contributed by atoms with Crippen LogP contribution in [0, 0.1) is 14.4 Å². The van der Waals surface area contributed by atoms with Gasteiger partial charge in [0.1, 0.15) is 11.5 Å². The number of rotatable bonds is 12. The van der Waals surface area contributed by atoms with Crippen LogP contribution in [-0.2, 0) is 9.59 Å². The van der Waals surface area contributed by atoms with Crippen LogP contribution < -0.4 is 19.3 Å². The molecule has 0 N–H and O–H groups in total. The van der Waals surface area contributed by atoms with Crippen LogP contribution in [0.25, 0.3) is 0 Å². The van der Waals surface area contributed by atoms with Crippen LogP contribution in [0.2, 0.25) is 0 Å². The van der Waals surface area contributed by atoms with E-state index in [1.54, 1.807) is 37.7 Å². The van der Waals surface area contributed by atoms with Gasteiger partial charge in [-0.1, -0.05) is 89.8 Å². The maximum atomic E-state index is 13.9. The second kappa shape index (κ2) is 19.5. The molecule has 10 heteroatoms. The smallest absolute Gasteiger partial charge is 0.238 e. The van der Waals surface area contributed by atoms with Crippen molar-refractivity contribution in [2.24, 2.45) is 10.8 Å². The molecule has 2 aliphatic heterocycles. The molecule has 0 radical (unpaired) electrons. The van der Waals surface area contributed by atoms with Gasteiger partial charge in [-0.3, -0.25) is 19.4 Å². The van der Waals surface area contributed by atoms with Gasteiger partial charge >= 0.3 is 0 Å². The summed E-state index contributed by atoms with van der Waals surface area (Å²) >= 11 is 9.44. The Morgan fingerprint density at radius 2 is 1.09 bits per heavy atom. The molecule has 4 aromatic rings. The summed E-state index contributed by atoms with van der Waals surface area (Å²) in [7, 11) is 3.37. The summed E-state index contributed by atoms with van der Waals surface area (Å²) in [6.07, 6.45) is 7.87. The molecular formula is C44H52BrIN2O4S2. The Bertz CT molecular complexity index is 1760. The Labute approximate surface area is 352 Å². The van der Waals surface area contributed by atoms with Gasteiger partial charge in [0.15, 0.2) is 0 Å². The summed E-state index contributed by atoms with van der Waals surface area (Å²) < 4.78 is 12.9. The Balaban J connectivity index is 0.000000208. The highest BCUT2D eigenvalue weighted by molar-refractivity contribution is 14.1. The number of carbonyl (C=O) groups excluding carboxylic acids is 2. The molecule has 2 amide bonds. The van der Waals surface area contributed by atoms with E-state index in [2.05, 4.69) is 78.3 Å². The van der Waals surface area contributed by atoms with Gasteiger partial charge in [0, 0.05) is 32.7 Å². The molecule has 6 rings (SSSR count). The zero-order valence-corrected chi connectivity index (χ0v) is 37.6. The number of thioether (sulfide) groups is 2. The lowest BCUT2D eigenvalue weighted by atomic mass is 9.80. The molecule has 0 bridgehead atoms. The Morgan fingerprint density at radius 1 is 0.667 bits per heavy atom. The molecule has 0 fully saturated rings. The topological polar surface area (TPSA) is 59.1 Å². The molecule has 288 valence electrons. The van der Waals surface area contributed by atoms with Crippen molar-refractivity contribution in [3.05, 3.63) is 93.0 Å². The molecule has 0 aliphatic carbocycles. The fourth-order valence-electron chi connectivity index (χ4n) is 7.11. The van der Waals surface area contributed by atoms with E-state index in [-0.39, 0.29) is 22.6 Å². The summed E-state index contributed by atoms with van der Waals surface area (Å²) in [5.41, 5.74) is 3.05. The third-order valence-corrected chi connectivity index (χ3v) is 14.8. The van der Waals surface area contributed by atoms with Gasteiger partial charge in [0.05, 0.1) is 44.5 Å². The van der Waals surface area contributed by atoms with E-state index in [0.29, 0.717) is 0 Å². The third kappa shape index (κ3) is 8.97. The first-order chi connectivity index (χ1) is 26.1. The number of amides is 2. The average molecular weight is 944 g/mol. The first-order valence-corrected chi connectivity index (χ1v) is 22.8. The molecule has 0 aromatic heterocycles. The lowest BCUT2D eigenvalue weighted by Crippen LogP contribution is -2.42. The van der Waals surface area contributed by atoms with E-state index in [0.717, 1.165) is 115 Å². The third-order valence-electron chi connectivity index (χ3n) is 10.7. The van der Waals surface area contributed by atoms with Crippen LogP contribution in [0.3, 0.4) is 0 Å². The number of hydrogen-bond donors (Lipinski definition) is 0. The minimum absolute atomic E-state index is 0.202. The number of ether oxygens (including phenoxy) is 2. The van der Waals surface area contributed by atoms with Crippen LogP contribution in [-0.4, -0.2) is 37.5 Å². The number of carbonyl (C=O) groups is 2. The maximum absolute atomic E-state index is 13.9. The highest BCUT2D eigenvalue weighted by atomic mass is 127. The quantitative estimate of drug-likeness (QED) is 0.132. The number of unbranched alkanes of at least 4 members (excludes halogenated alkanes) is 2. The molecule has 54 heavy (non-hydrogen) atoms. The van der Waals surface area contributed by atoms with Crippen molar-refractivity contribution in [1.82, 2.24) is 0 Å². The molecule has 0 saturated carbocycles. The largest absolute Gasteiger partial charge is 0.496 e. The number of anilines is 4. The normalized spacial score (nSPS) is 19.6. The van der Waals surface area contributed by atoms with Gasteiger partial charge in [-0.2, -0.15) is 0 Å². The van der Waals surface area contributed by atoms with Crippen molar-refractivity contribution in [3.8, 4) is 11.5 Å². The van der Waals surface area contributed by atoms with Crippen molar-refractivity contribution in [1.29, 1.82) is 0 Å². The summed E-state index contributed by atoms with van der Waals surface area (Å²) in [6, 6.07) is 28.2. The minimum Gasteiger partial charge on any atom is -0.496 e. The van der Waals surface area contributed by atoms with Crippen LogP contribution in [0.4, 0.5) is 22.7 Å². The summed E-state index contributed by atoms with van der Waals surface area (Å²) in [4.78, 5) is 33.9. The van der Waals surface area contributed by atoms with E-state index in [9.17, 15) is 9.59 Å². The van der Waals surface area contributed by atoms with Crippen LogP contribution in [0.5, 0.6) is 11.5 Å². The molecule has 0 saturated heterocycles. The van der Waals surface area contributed by atoms with Crippen LogP contribution >= 0.6 is 62.0 Å². The van der Waals surface area contributed by atoms with E-state index in [4.69, 9.17) is 9.47 Å². The molecule has 4 aromatic carbocycles. The van der Waals surface area contributed by atoms with E-state index in [1.807, 2.05) is 82.6 Å². The van der Waals surface area contributed by atoms with Crippen molar-refractivity contribution in [2.45, 2.75) is 88.9 Å². The van der Waals surface area contributed by atoms with Gasteiger partial charge < -0.3 is 9.47 Å². The first kappa shape index (κ1) is 42.5. The molecule has 2 aliphatic rings. The highest BCUT2D eigenvalue weighted by Crippen LogP contribution is 2.51. The maximum Gasteiger partial charge on any atom is 0.238 e. The number of hydrogen-bond acceptors (Lipinski definition) is 6. The SMILES string of the molecule is CCCCC1(CC)CSc2cc(OC)c(Br)cc2N(c2ccccc2)C1=O.CCCCC1(CC)CSc2cc(OC)c(I)cc2N(c2ccccc2)C1=O. The lowest BCUT2D eigenvalue weighted by molar-refractivity contribution is -0.127. The lowest BCUT2D eigenvalue weighted by Gasteiger charge is -2.34. The number of halogens is 2. The Kier molecular flexibility index (Phi) is 15.3. The van der Waals surface area contributed by atoms with Gasteiger partial charge in [0.2, 0.25) is 11.8 Å². The highest BCUT2D eigenvalue weighted by Gasteiger charge is 2.45. The van der Waals surface area contributed by atoms with Crippen molar-refractivity contribution in [3.63, 3.8) is 0 Å². The zero-order chi connectivity index (χ0) is 38.9. The summed E-state index contributed by atoms with van der Waals surface area (Å²) in [5, 5.41) is 0. The number of para-hydroxylation sites is 2. The molecule has 6 nitrogen and oxygen atoms in total. The Morgan fingerprint density at radius 3 is 1.50 bits per heavy atom. The second-order valence-electron chi connectivity index (χ2n) is 13.9. The molecule has 2 heterocycles. The number of benzene rings is 4. The minimum atomic E-state index is -0.352. The van der Waals surface area contributed by atoms with Gasteiger partial charge in [-0.15, -0.1) is 23.5 Å². The average Bonchev–Trinajstić information content (AvgIpc) is 3.39. The van der Waals surface area contributed by atoms with E-state index < -0.39 is 0 Å². The molecule has 2 atom stereocenters. The fraction of sp³-hybridized carbons (Fsp3) is 0.409. The molecule has 0 spiro atoms. The first-order valence-electron chi connectivity index (χ1n) is 18.9. The van der Waals surface area contributed by atoms with Crippen LogP contribution in [0.1, 0.15) is 79.1 Å². The van der Waals surface area contributed by atoms with Gasteiger partial charge in [0.25, 0.3) is 0 Å². The molecule has 2 unspecified atom stereocenters. The van der Waals surface area contributed by atoms with Crippen molar-refractivity contribution < 1.29 is 19.1 Å².